The van der Waals surface area contributed by atoms with Crippen molar-refractivity contribution in [3.63, 3.8) is 0 Å². The van der Waals surface area contributed by atoms with Gasteiger partial charge in [0.2, 0.25) is 0 Å². The summed E-state index contributed by atoms with van der Waals surface area (Å²) in [5, 5.41) is 5.75. The Labute approximate surface area is 186 Å². The molecule has 4 rings (SSSR count). The average molecular weight is 439 g/mol. The molecule has 1 N–H and O–H groups in total. The van der Waals surface area contributed by atoms with Crippen molar-refractivity contribution in [2.75, 3.05) is 50.6 Å². The number of piperazine rings is 1. The van der Waals surface area contributed by atoms with E-state index >= 15 is 0 Å². The van der Waals surface area contributed by atoms with E-state index in [9.17, 15) is 4.79 Å². The molecule has 0 radical (unpaired) electrons. The molecule has 0 atom stereocenters. The lowest BCUT2D eigenvalue weighted by molar-refractivity contribution is 0.0742. The number of amides is 1. The van der Waals surface area contributed by atoms with Crippen LogP contribution in [0, 0.1) is 6.92 Å². The molecular weight excluding hydrogens is 412 g/mol. The maximum atomic E-state index is 13.0. The molecule has 0 aliphatic carbocycles. The maximum Gasteiger partial charge on any atom is 0.273 e. The highest BCUT2D eigenvalue weighted by Gasteiger charge is 2.24. The van der Waals surface area contributed by atoms with Crippen LogP contribution in [-0.2, 0) is 0 Å². The lowest BCUT2D eigenvalue weighted by Gasteiger charge is -2.35. The second kappa shape index (κ2) is 9.26. The molecule has 0 bridgehead atoms. The third kappa shape index (κ3) is 4.74. The van der Waals surface area contributed by atoms with Crippen LogP contribution < -0.4 is 19.7 Å². The number of rotatable bonds is 6. The van der Waals surface area contributed by atoms with Crippen LogP contribution in [0.3, 0.4) is 0 Å². The van der Waals surface area contributed by atoms with Crippen LogP contribution in [0.15, 0.2) is 47.8 Å². The van der Waals surface area contributed by atoms with Gasteiger partial charge in [0.25, 0.3) is 5.91 Å². The fourth-order valence-electron chi connectivity index (χ4n) is 3.59. The van der Waals surface area contributed by atoms with Crippen LogP contribution in [0.5, 0.6) is 11.5 Å². The smallest absolute Gasteiger partial charge is 0.273 e. The Morgan fingerprint density at radius 2 is 1.77 bits per heavy atom. The number of aromatic nitrogens is 1. The van der Waals surface area contributed by atoms with Gasteiger partial charge in [0.15, 0.2) is 5.13 Å². The molecular formula is C23H26N4O3S. The van der Waals surface area contributed by atoms with Crippen molar-refractivity contribution in [2.24, 2.45) is 0 Å². The first-order chi connectivity index (χ1) is 15.1. The van der Waals surface area contributed by atoms with E-state index < -0.39 is 0 Å². The quantitative estimate of drug-likeness (QED) is 0.623. The molecule has 162 valence electrons. The molecule has 2 heterocycles. The van der Waals surface area contributed by atoms with Crippen molar-refractivity contribution in [3.05, 3.63) is 59.1 Å². The van der Waals surface area contributed by atoms with Crippen molar-refractivity contribution in [1.29, 1.82) is 0 Å². The first-order valence-corrected chi connectivity index (χ1v) is 11.0. The number of anilines is 3. The Hall–Kier alpha value is -3.26. The zero-order chi connectivity index (χ0) is 21.8. The van der Waals surface area contributed by atoms with E-state index in [4.69, 9.17) is 9.47 Å². The zero-order valence-corrected chi connectivity index (χ0v) is 18.7. The Morgan fingerprint density at radius 3 is 2.45 bits per heavy atom. The molecule has 0 spiro atoms. The van der Waals surface area contributed by atoms with Gasteiger partial charge in [0, 0.05) is 37.2 Å². The van der Waals surface area contributed by atoms with Gasteiger partial charge in [-0.05, 0) is 48.9 Å². The van der Waals surface area contributed by atoms with Crippen molar-refractivity contribution >= 4 is 33.8 Å². The predicted molar refractivity (Wildman–Crippen MR) is 124 cm³/mol. The standard InChI is InChI=1S/C23H26N4O3S/c1-16-4-9-21(30-3)19(14-16)24-23-25-20(15-31-23)22(28)27-12-10-26(11-13-27)17-5-7-18(29-2)8-6-17/h4-9,14-15H,10-13H2,1-3H3,(H,24,25). The maximum absolute atomic E-state index is 13.0. The number of thiazole rings is 1. The Bertz CT molecular complexity index is 1040. The number of carbonyl (C=O) groups excluding carboxylic acids is 1. The molecule has 1 saturated heterocycles. The molecule has 8 heteroatoms. The van der Waals surface area contributed by atoms with Crippen molar-refractivity contribution in [3.8, 4) is 11.5 Å². The van der Waals surface area contributed by atoms with E-state index in [-0.39, 0.29) is 5.91 Å². The highest BCUT2D eigenvalue weighted by molar-refractivity contribution is 7.14. The van der Waals surface area contributed by atoms with Gasteiger partial charge in [0.05, 0.1) is 19.9 Å². The monoisotopic (exact) mass is 438 g/mol. The van der Waals surface area contributed by atoms with Crippen molar-refractivity contribution in [2.45, 2.75) is 6.92 Å². The molecule has 0 saturated carbocycles. The van der Waals surface area contributed by atoms with E-state index in [1.807, 2.05) is 59.7 Å². The number of carbonyl (C=O) groups is 1. The summed E-state index contributed by atoms with van der Waals surface area (Å²) in [4.78, 5) is 21.6. The van der Waals surface area contributed by atoms with E-state index in [1.54, 1.807) is 14.2 Å². The molecule has 31 heavy (non-hydrogen) atoms. The van der Waals surface area contributed by atoms with Gasteiger partial charge in [-0.2, -0.15) is 0 Å². The fraction of sp³-hybridized carbons (Fsp3) is 0.304. The Balaban J connectivity index is 1.37. The van der Waals surface area contributed by atoms with Crippen LogP contribution in [-0.4, -0.2) is 56.2 Å². The van der Waals surface area contributed by atoms with Gasteiger partial charge < -0.3 is 24.6 Å². The molecule has 7 nitrogen and oxygen atoms in total. The SMILES string of the molecule is COc1ccc(N2CCN(C(=O)c3csc(Nc4cc(C)ccc4OC)n3)CC2)cc1. The van der Waals surface area contributed by atoms with Gasteiger partial charge >= 0.3 is 0 Å². The van der Waals surface area contributed by atoms with Gasteiger partial charge in [-0.3, -0.25) is 4.79 Å². The molecule has 1 aliphatic rings. The first-order valence-electron chi connectivity index (χ1n) is 10.1. The van der Waals surface area contributed by atoms with E-state index in [0.29, 0.717) is 23.9 Å². The number of hydrogen-bond acceptors (Lipinski definition) is 7. The van der Waals surface area contributed by atoms with E-state index in [0.717, 1.165) is 41.5 Å². The number of ether oxygens (including phenoxy) is 2. The molecule has 1 aliphatic heterocycles. The minimum atomic E-state index is -0.0325. The highest BCUT2D eigenvalue weighted by Crippen LogP contribution is 2.30. The highest BCUT2D eigenvalue weighted by atomic mass is 32.1. The van der Waals surface area contributed by atoms with Gasteiger partial charge in [-0.15, -0.1) is 11.3 Å². The van der Waals surface area contributed by atoms with Crippen LogP contribution >= 0.6 is 11.3 Å². The second-order valence-corrected chi connectivity index (χ2v) is 8.20. The van der Waals surface area contributed by atoms with Gasteiger partial charge in [-0.1, -0.05) is 6.07 Å². The number of nitrogens with one attached hydrogen (secondary N) is 1. The molecule has 1 fully saturated rings. The summed E-state index contributed by atoms with van der Waals surface area (Å²) in [5.74, 6) is 1.55. The largest absolute Gasteiger partial charge is 0.497 e. The van der Waals surface area contributed by atoms with Crippen LogP contribution in [0.25, 0.3) is 0 Å². The Morgan fingerprint density at radius 1 is 1.03 bits per heavy atom. The lowest BCUT2D eigenvalue weighted by atomic mass is 10.2. The normalized spacial score (nSPS) is 13.8. The molecule has 3 aromatic rings. The molecule has 1 amide bonds. The van der Waals surface area contributed by atoms with Crippen LogP contribution in [0.4, 0.5) is 16.5 Å². The van der Waals surface area contributed by atoms with Crippen LogP contribution in [0.1, 0.15) is 16.1 Å². The predicted octanol–water partition coefficient (Wildman–Crippen LogP) is 4.17. The summed E-state index contributed by atoms with van der Waals surface area (Å²) in [6, 6.07) is 13.9. The fourth-order valence-corrected chi connectivity index (χ4v) is 4.28. The molecule has 2 aromatic carbocycles. The topological polar surface area (TPSA) is 66.9 Å². The van der Waals surface area contributed by atoms with Crippen molar-refractivity contribution < 1.29 is 14.3 Å². The van der Waals surface area contributed by atoms with Gasteiger partial charge in [0.1, 0.15) is 17.2 Å². The average Bonchev–Trinajstić information content (AvgIpc) is 3.27. The first kappa shape index (κ1) is 21.0. The number of nitrogens with zero attached hydrogens (tertiary/aromatic N) is 3. The minimum absolute atomic E-state index is 0.0325. The van der Waals surface area contributed by atoms with Crippen molar-refractivity contribution in [1.82, 2.24) is 9.88 Å². The van der Waals surface area contributed by atoms with Gasteiger partial charge in [-0.25, -0.2) is 4.98 Å². The summed E-state index contributed by atoms with van der Waals surface area (Å²) in [7, 11) is 3.30. The molecule has 1 aromatic heterocycles. The third-order valence-electron chi connectivity index (χ3n) is 5.32. The summed E-state index contributed by atoms with van der Waals surface area (Å²) in [6.45, 7) is 4.92. The summed E-state index contributed by atoms with van der Waals surface area (Å²) < 4.78 is 10.6. The number of aryl methyl sites for hydroxylation is 1. The third-order valence-corrected chi connectivity index (χ3v) is 6.08. The zero-order valence-electron chi connectivity index (χ0n) is 17.9. The minimum Gasteiger partial charge on any atom is -0.497 e. The van der Waals surface area contributed by atoms with E-state index in [1.165, 1.54) is 11.3 Å². The number of methoxy groups -OCH3 is 2. The summed E-state index contributed by atoms with van der Waals surface area (Å²) in [5.41, 5.74) is 3.56. The number of benzene rings is 2. The lowest BCUT2D eigenvalue weighted by Crippen LogP contribution is -2.48. The second-order valence-electron chi connectivity index (χ2n) is 7.34. The summed E-state index contributed by atoms with van der Waals surface area (Å²) in [6.07, 6.45) is 0. The van der Waals surface area contributed by atoms with E-state index in [2.05, 4.69) is 15.2 Å². The van der Waals surface area contributed by atoms with Crippen LogP contribution in [0.2, 0.25) is 0 Å². The Kier molecular flexibility index (Phi) is 6.27. The molecule has 0 unspecified atom stereocenters. The summed E-state index contributed by atoms with van der Waals surface area (Å²) >= 11 is 1.42. The number of hydrogen-bond donors (Lipinski definition) is 1.